The van der Waals surface area contributed by atoms with Gasteiger partial charge in [-0.3, -0.25) is 0 Å². The van der Waals surface area contributed by atoms with Crippen molar-refractivity contribution < 1.29 is 9.13 Å². The normalized spacial score (nSPS) is 14.9. The van der Waals surface area contributed by atoms with Crippen LogP contribution in [0.25, 0.3) is 0 Å². The Labute approximate surface area is 115 Å². The number of unbranched alkanes of at least 4 members (excludes halogenated alkanes) is 3. The molecule has 1 aromatic rings. The maximum absolute atomic E-state index is 12.9. The first kappa shape index (κ1) is 14.3. The molecule has 0 atom stereocenters. The quantitative estimate of drug-likeness (QED) is 0.629. The lowest BCUT2D eigenvalue weighted by atomic mass is 10.2. The van der Waals surface area contributed by atoms with Crippen molar-refractivity contribution in [2.24, 2.45) is 0 Å². The van der Waals surface area contributed by atoms with Gasteiger partial charge >= 0.3 is 0 Å². The van der Waals surface area contributed by atoms with Crippen LogP contribution in [-0.2, 0) is 0 Å². The molecule has 2 rings (SSSR count). The predicted octanol–water partition coefficient (Wildman–Crippen LogP) is 3.86. The summed E-state index contributed by atoms with van der Waals surface area (Å²) in [5.74, 6) is 0.397. The third-order valence-electron chi connectivity index (χ3n) is 3.64. The summed E-state index contributed by atoms with van der Waals surface area (Å²) in [5.41, 5.74) is 0. The molecule has 0 saturated heterocycles. The Morgan fingerprint density at radius 1 is 1.21 bits per heavy atom. The van der Waals surface area contributed by atoms with Gasteiger partial charge in [-0.2, -0.15) is 0 Å². The van der Waals surface area contributed by atoms with Gasteiger partial charge in [0.1, 0.15) is 11.6 Å². The summed E-state index contributed by atoms with van der Waals surface area (Å²) in [7, 11) is 2.23. The Balaban J connectivity index is 1.45. The van der Waals surface area contributed by atoms with E-state index in [0.717, 1.165) is 12.5 Å². The third-order valence-corrected chi connectivity index (χ3v) is 3.64. The SMILES string of the molecule is CN(CCCCCCOc1cccc(F)c1)C1CC1. The van der Waals surface area contributed by atoms with Crippen LogP contribution in [0.4, 0.5) is 4.39 Å². The van der Waals surface area contributed by atoms with E-state index in [2.05, 4.69) is 11.9 Å². The molecular formula is C16H24FNO. The van der Waals surface area contributed by atoms with E-state index >= 15 is 0 Å². The van der Waals surface area contributed by atoms with Crippen molar-refractivity contribution in [3.63, 3.8) is 0 Å². The molecule has 0 heterocycles. The number of nitrogens with zero attached hydrogens (tertiary/aromatic N) is 1. The van der Waals surface area contributed by atoms with Gasteiger partial charge in [0.2, 0.25) is 0 Å². The number of halogens is 1. The third kappa shape index (κ3) is 5.60. The molecule has 0 radical (unpaired) electrons. The standard InChI is InChI=1S/C16H24FNO/c1-18(15-9-10-15)11-4-2-3-5-12-19-16-8-6-7-14(17)13-16/h6-8,13,15H,2-5,9-12H2,1H3. The van der Waals surface area contributed by atoms with Crippen LogP contribution >= 0.6 is 0 Å². The smallest absolute Gasteiger partial charge is 0.126 e. The first-order valence-electron chi connectivity index (χ1n) is 7.34. The van der Waals surface area contributed by atoms with Gasteiger partial charge in [-0.05, 0) is 51.4 Å². The predicted molar refractivity (Wildman–Crippen MR) is 76.0 cm³/mol. The zero-order valence-electron chi connectivity index (χ0n) is 11.8. The first-order valence-corrected chi connectivity index (χ1v) is 7.34. The van der Waals surface area contributed by atoms with Crippen LogP contribution in [0, 0.1) is 5.82 Å². The van der Waals surface area contributed by atoms with Gasteiger partial charge < -0.3 is 9.64 Å². The zero-order chi connectivity index (χ0) is 13.5. The molecule has 106 valence electrons. The van der Waals surface area contributed by atoms with E-state index in [1.807, 2.05) is 0 Å². The fraction of sp³-hybridized carbons (Fsp3) is 0.625. The van der Waals surface area contributed by atoms with Crippen LogP contribution in [0.1, 0.15) is 38.5 Å². The molecule has 1 aliphatic rings. The second kappa shape index (κ2) is 7.49. The van der Waals surface area contributed by atoms with Gasteiger partial charge in [0.15, 0.2) is 0 Å². The molecule has 0 aliphatic heterocycles. The highest BCUT2D eigenvalue weighted by molar-refractivity contribution is 5.22. The van der Waals surface area contributed by atoms with Crippen LogP contribution in [0.15, 0.2) is 24.3 Å². The molecule has 3 heteroatoms. The average molecular weight is 265 g/mol. The molecule has 0 bridgehead atoms. The lowest BCUT2D eigenvalue weighted by Crippen LogP contribution is -2.21. The summed E-state index contributed by atoms with van der Waals surface area (Å²) >= 11 is 0. The molecule has 1 fully saturated rings. The lowest BCUT2D eigenvalue weighted by Gasteiger charge is -2.14. The van der Waals surface area contributed by atoms with Crippen molar-refractivity contribution in [2.45, 2.75) is 44.6 Å². The van der Waals surface area contributed by atoms with Crippen molar-refractivity contribution in [3.8, 4) is 5.75 Å². The Kier molecular flexibility index (Phi) is 5.64. The average Bonchev–Trinajstić information content (AvgIpc) is 3.22. The fourth-order valence-corrected chi connectivity index (χ4v) is 2.26. The minimum atomic E-state index is -0.236. The van der Waals surface area contributed by atoms with Gasteiger partial charge in [0.05, 0.1) is 6.61 Å². The number of hydrogen-bond acceptors (Lipinski definition) is 2. The Morgan fingerprint density at radius 3 is 2.74 bits per heavy atom. The second-order valence-corrected chi connectivity index (χ2v) is 5.43. The molecule has 0 unspecified atom stereocenters. The monoisotopic (exact) mass is 265 g/mol. The number of benzene rings is 1. The van der Waals surface area contributed by atoms with E-state index in [1.165, 1.54) is 50.8 Å². The maximum Gasteiger partial charge on any atom is 0.126 e. The molecule has 0 aromatic heterocycles. The second-order valence-electron chi connectivity index (χ2n) is 5.43. The maximum atomic E-state index is 12.9. The lowest BCUT2D eigenvalue weighted by molar-refractivity contribution is 0.292. The van der Waals surface area contributed by atoms with Crippen molar-refractivity contribution in [1.82, 2.24) is 4.90 Å². The van der Waals surface area contributed by atoms with Crippen molar-refractivity contribution >= 4 is 0 Å². The van der Waals surface area contributed by atoms with E-state index in [9.17, 15) is 4.39 Å². The highest BCUT2D eigenvalue weighted by Crippen LogP contribution is 2.25. The largest absolute Gasteiger partial charge is 0.493 e. The number of ether oxygens (including phenoxy) is 1. The number of rotatable bonds is 9. The van der Waals surface area contributed by atoms with E-state index in [4.69, 9.17) is 4.74 Å². The van der Waals surface area contributed by atoms with Gasteiger partial charge in [0, 0.05) is 12.1 Å². The number of hydrogen-bond donors (Lipinski definition) is 0. The molecule has 1 aromatic carbocycles. The van der Waals surface area contributed by atoms with Gasteiger partial charge in [0.25, 0.3) is 0 Å². The van der Waals surface area contributed by atoms with Gasteiger partial charge in [-0.1, -0.05) is 18.9 Å². The van der Waals surface area contributed by atoms with E-state index < -0.39 is 0 Å². The molecule has 0 N–H and O–H groups in total. The zero-order valence-corrected chi connectivity index (χ0v) is 11.8. The van der Waals surface area contributed by atoms with Gasteiger partial charge in [-0.15, -0.1) is 0 Å². The summed E-state index contributed by atoms with van der Waals surface area (Å²) in [6, 6.07) is 7.22. The summed E-state index contributed by atoms with van der Waals surface area (Å²) in [5, 5.41) is 0. The molecule has 1 aliphatic carbocycles. The molecule has 19 heavy (non-hydrogen) atoms. The molecule has 0 spiro atoms. The van der Waals surface area contributed by atoms with Crippen molar-refractivity contribution in [1.29, 1.82) is 0 Å². The van der Waals surface area contributed by atoms with Crippen molar-refractivity contribution in [3.05, 3.63) is 30.1 Å². The van der Waals surface area contributed by atoms with E-state index in [0.29, 0.717) is 12.4 Å². The Hall–Kier alpha value is -1.09. The minimum Gasteiger partial charge on any atom is -0.493 e. The Morgan fingerprint density at radius 2 is 2.00 bits per heavy atom. The topological polar surface area (TPSA) is 12.5 Å². The summed E-state index contributed by atoms with van der Waals surface area (Å²) in [4.78, 5) is 2.48. The Bertz CT molecular complexity index is 379. The van der Waals surface area contributed by atoms with Crippen LogP contribution < -0.4 is 4.74 Å². The summed E-state index contributed by atoms with van der Waals surface area (Å²) in [6.45, 7) is 1.90. The molecular weight excluding hydrogens is 241 g/mol. The van der Waals surface area contributed by atoms with Crippen LogP contribution in [0.5, 0.6) is 5.75 Å². The molecule has 1 saturated carbocycles. The summed E-state index contributed by atoms with van der Waals surface area (Å²) in [6.07, 6.45) is 7.53. The van der Waals surface area contributed by atoms with Gasteiger partial charge in [-0.25, -0.2) is 4.39 Å². The molecule has 0 amide bonds. The first-order chi connectivity index (χ1) is 9.25. The van der Waals surface area contributed by atoms with Crippen LogP contribution in [0.2, 0.25) is 0 Å². The molecule has 2 nitrogen and oxygen atoms in total. The van der Waals surface area contributed by atoms with Crippen molar-refractivity contribution in [2.75, 3.05) is 20.2 Å². The van der Waals surface area contributed by atoms with Crippen LogP contribution in [-0.4, -0.2) is 31.1 Å². The highest BCUT2D eigenvalue weighted by atomic mass is 19.1. The van der Waals surface area contributed by atoms with E-state index in [-0.39, 0.29) is 5.82 Å². The van der Waals surface area contributed by atoms with E-state index in [1.54, 1.807) is 12.1 Å². The van der Waals surface area contributed by atoms with Crippen LogP contribution in [0.3, 0.4) is 0 Å². The minimum absolute atomic E-state index is 0.236. The summed E-state index contributed by atoms with van der Waals surface area (Å²) < 4.78 is 18.4. The highest BCUT2D eigenvalue weighted by Gasteiger charge is 2.25. The fourth-order valence-electron chi connectivity index (χ4n) is 2.26.